The van der Waals surface area contributed by atoms with Gasteiger partial charge in [-0.25, -0.2) is 0 Å². The summed E-state index contributed by atoms with van der Waals surface area (Å²) in [6, 6.07) is 0. The molecule has 3 atom stereocenters. The fourth-order valence-electron chi connectivity index (χ4n) is 2.19. The standard InChI is InChI=1S/C13H20O/c1-5-9(2)13(14)12-10(3)7-6-8-11(12)4/h5-7,10-12H,8H2,1-4H3/b9-5+. The van der Waals surface area contributed by atoms with Crippen molar-refractivity contribution in [3.05, 3.63) is 23.8 Å². The number of hydrogen-bond acceptors (Lipinski definition) is 1. The second-order valence-electron chi connectivity index (χ2n) is 4.36. The lowest BCUT2D eigenvalue weighted by molar-refractivity contribution is -0.121. The Hall–Kier alpha value is -0.850. The van der Waals surface area contributed by atoms with E-state index in [1.165, 1.54) is 0 Å². The predicted octanol–water partition coefficient (Wildman–Crippen LogP) is 3.37. The van der Waals surface area contributed by atoms with Crippen LogP contribution in [0.5, 0.6) is 0 Å². The Bertz CT molecular complexity index is 273. The molecule has 0 aromatic rings. The molecule has 0 saturated heterocycles. The van der Waals surface area contributed by atoms with Crippen molar-refractivity contribution in [2.45, 2.75) is 34.1 Å². The normalized spacial score (nSPS) is 33.1. The van der Waals surface area contributed by atoms with Crippen LogP contribution in [0.1, 0.15) is 34.1 Å². The lowest BCUT2D eigenvalue weighted by Crippen LogP contribution is -2.30. The number of allylic oxidation sites excluding steroid dienone is 4. The van der Waals surface area contributed by atoms with Crippen LogP contribution in [-0.2, 0) is 4.79 Å². The number of ketones is 1. The quantitative estimate of drug-likeness (QED) is 0.484. The maximum atomic E-state index is 12.0. The van der Waals surface area contributed by atoms with Crippen LogP contribution in [-0.4, -0.2) is 5.78 Å². The largest absolute Gasteiger partial charge is 0.294 e. The minimum absolute atomic E-state index is 0.191. The van der Waals surface area contributed by atoms with Crippen molar-refractivity contribution in [1.82, 2.24) is 0 Å². The first-order valence-electron chi connectivity index (χ1n) is 5.41. The summed E-state index contributed by atoms with van der Waals surface area (Å²) in [7, 11) is 0. The van der Waals surface area contributed by atoms with Gasteiger partial charge in [-0.15, -0.1) is 0 Å². The molecule has 1 rings (SSSR count). The van der Waals surface area contributed by atoms with E-state index in [9.17, 15) is 4.79 Å². The van der Waals surface area contributed by atoms with Crippen molar-refractivity contribution in [3.63, 3.8) is 0 Å². The van der Waals surface area contributed by atoms with Gasteiger partial charge in [0.1, 0.15) is 0 Å². The molecule has 14 heavy (non-hydrogen) atoms. The monoisotopic (exact) mass is 192 g/mol. The predicted molar refractivity (Wildman–Crippen MR) is 60.0 cm³/mol. The van der Waals surface area contributed by atoms with Crippen LogP contribution in [0.25, 0.3) is 0 Å². The minimum atomic E-state index is 0.191. The van der Waals surface area contributed by atoms with E-state index in [0.717, 1.165) is 12.0 Å². The summed E-state index contributed by atoms with van der Waals surface area (Å²) in [5.41, 5.74) is 0.906. The highest BCUT2D eigenvalue weighted by Crippen LogP contribution is 2.32. The Morgan fingerprint density at radius 3 is 2.57 bits per heavy atom. The Kier molecular flexibility index (Phi) is 3.68. The van der Waals surface area contributed by atoms with Gasteiger partial charge in [-0.3, -0.25) is 4.79 Å². The third-order valence-corrected chi connectivity index (χ3v) is 3.25. The molecule has 78 valence electrons. The molecule has 1 heteroatoms. The van der Waals surface area contributed by atoms with Gasteiger partial charge >= 0.3 is 0 Å². The average Bonchev–Trinajstić information content (AvgIpc) is 2.16. The van der Waals surface area contributed by atoms with Crippen molar-refractivity contribution in [2.75, 3.05) is 0 Å². The van der Waals surface area contributed by atoms with Crippen LogP contribution in [0.4, 0.5) is 0 Å². The van der Waals surface area contributed by atoms with Crippen LogP contribution in [0.2, 0.25) is 0 Å². The molecule has 1 aliphatic carbocycles. The topological polar surface area (TPSA) is 17.1 Å². The molecule has 0 amide bonds. The minimum Gasteiger partial charge on any atom is -0.294 e. The molecule has 0 fully saturated rings. The van der Waals surface area contributed by atoms with Gasteiger partial charge in [-0.2, -0.15) is 0 Å². The highest BCUT2D eigenvalue weighted by Gasteiger charge is 2.30. The third-order valence-electron chi connectivity index (χ3n) is 3.25. The Labute approximate surface area is 86.9 Å². The Morgan fingerprint density at radius 2 is 2.07 bits per heavy atom. The molecule has 0 bridgehead atoms. The van der Waals surface area contributed by atoms with E-state index in [4.69, 9.17) is 0 Å². The van der Waals surface area contributed by atoms with E-state index in [0.29, 0.717) is 17.6 Å². The zero-order chi connectivity index (χ0) is 10.7. The van der Waals surface area contributed by atoms with Crippen molar-refractivity contribution >= 4 is 5.78 Å². The lowest BCUT2D eigenvalue weighted by atomic mass is 9.74. The molecule has 0 aliphatic heterocycles. The van der Waals surface area contributed by atoms with Crippen molar-refractivity contribution in [1.29, 1.82) is 0 Å². The lowest BCUT2D eigenvalue weighted by Gasteiger charge is -2.29. The molecule has 0 radical (unpaired) electrons. The summed E-state index contributed by atoms with van der Waals surface area (Å²) in [4.78, 5) is 12.0. The van der Waals surface area contributed by atoms with Crippen LogP contribution in [0.3, 0.4) is 0 Å². The maximum absolute atomic E-state index is 12.0. The SMILES string of the molecule is C/C=C(\C)C(=O)C1C(C)C=CCC1C. The summed E-state index contributed by atoms with van der Waals surface area (Å²) in [5.74, 6) is 1.39. The second kappa shape index (κ2) is 4.59. The summed E-state index contributed by atoms with van der Waals surface area (Å²) < 4.78 is 0. The second-order valence-corrected chi connectivity index (χ2v) is 4.36. The van der Waals surface area contributed by atoms with Gasteiger partial charge < -0.3 is 0 Å². The van der Waals surface area contributed by atoms with Gasteiger partial charge in [0.2, 0.25) is 0 Å². The van der Waals surface area contributed by atoms with Gasteiger partial charge in [-0.1, -0.05) is 32.1 Å². The number of Topliss-reactive ketones (excluding diaryl/α,β-unsaturated/α-hetero) is 1. The molecule has 3 unspecified atom stereocenters. The molecule has 0 N–H and O–H groups in total. The summed E-state index contributed by atoms with van der Waals surface area (Å²) in [6.45, 7) is 8.16. The number of rotatable bonds is 2. The molecule has 0 saturated carbocycles. The van der Waals surface area contributed by atoms with E-state index < -0.39 is 0 Å². The van der Waals surface area contributed by atoms with Gasteiger partial charge in [0.05, 0.1) is 0 Å². The van der Waals surface area contributed by atoms with Gasteiger partial charge in [0.15, 0.2) is 5.78 Å². The smallest absolute Gasteiger partial charge is 0.162 e. The van der Waals surface area contributed by atoms with Gasteiger partial charge in [-0.05, 0) is 37.7 Å². The molecule has 1 nitrogen and oxygen atoms in total. The first-order valence-corrected chi connectivity index (χ1v) is 5.41. The number of carbonyl (C=O) groups is 1. The molecule has 0 aromatic carbocycles. The van der Waals surface area contributed by atoms with E-state index >= 15 is 0 Å². The summed E-state index contributed by atoms with van der Waals surface area (Å²) in [5, 5.41) is 0. The highest BCUT2D eigenvalue weighted by atomic mass is 16.1. The van der Waals surface area contributed by atoms with E-state index in [1.54, 1.807) is 0 Å². The first kappa shape index (κ1) is 11.2. The average molecular weight is 192 g/mol. The van der Waals surface area contributed by atoms with Crippen molar-refractivity contribution in [3.8, 4) is 0 Å². The van der Waals surface area contributed by atoms with Gasteiger partial charge in [0, 0.05) is 5.92 Å². The molecular weight excluding hydrogens is 172 g/mol. The fraction of sp³-hybridized carbons (Fsp3) is 0.615. The zero-order valence-corrected chi connectivity index (χ0v) is 9.58. The summed E-state index contributed by atoms with van der Waals surface area (Å²) in [6.07, 6.45) is 7.33. The molecule has 0 heterocycles. The van der Waals surface area contributed by atoms with E-state index in [-0.39, 0.29) is 5.92 Å². The van der Waals surface area contributed by atoms with Crippen molar-refractivity contribution < 1.29 is 4.79 Å². The van der Waals surface area contributed by atoms with Crippen molar-refractivity contribution in [2.24, 2.45) is 17.8 Å². The van der Waals surface area contributed by atoms with E-state index in [1.807, 2.05) is 19.9 Å². The van der Waals surface area contributed by atoms with Crippen LogP contribution < -0.4 is 0 Å². The first-order chi connectivity index (χ1) is 6.57. The highest BCUT2D eigenvalue weighted by molar-refractivity contribution is 5.97. The molecule has 0 aromatic heterocycles. The molecule has 0 spiro atoms. The van der Waals surface area contributed by atoms with Gasteiger partial charge in [0.25, 0.3) is 0 Å². The fourth-order valence-corrected chi connectivity index (χ4v) is 2.19. The zero-order valence-electron chi connectivity index (χ0n) is 9.58. The third kappa shape index (κ3) is 2.14. The summed E-state index contributed by atoms with van der Waals surface area (Å²) >= 11 is 0. The number of carbonyl (C=O) groups excluding carboxylic acids is 1. The van der Waals surface area contributed by atoms with Crippen LogP contribution >= 0.6 is 0 Å². The maximum Gasteiger partial charge on any atom is 0.162 e. The molecular formula is C13H20O. The number of hydrogen-bond donors (Lipinski definition) is 0. The van der Waals surface area contributed by atoms with E-state index in [2.05, 4.69) is 26.0 Å². The Balaban J connectivity index is 2.85. The van der Waals surface area contributed by atoms with Crippen LogP contribution in [0, 0.1) is 17.8 Å². The molecule has 1 aliphatic rings. The Morgan fingerprint density at radius 1 is 1.43 bits per heavy atom. The van der Waals surface area contributed by atoms with Crippen LogP contribution in [0.15, 0.2) is 23.8 Å².